The molecule has 4 aromatic carbocycles. The fourth-order valence-corrected chi connectivity index (χ4v) is 5.97. The molecule has 2 aliphatic rings. The molecule has 1 aliphatic carbocycles. The van der Waals surface area contributed by atoms with Crippen molar-refractivity contribution in [3.8, 4) is 34.1 Å². The average Bonchev–Trinajstić information content (AvgIpc) is 3.16. The number of ether oxygens (including phenoxy) is 3. The molecule has 1 aromatic heterocycles. The molecule has 50 heavy (non-hydrogen) atoms. The monoisotopic (exact) mass is 698 g/mol. The molecular weight excluding hydrogens is 671 g/mol. The minimum atomic E-state index is -0.365. The molecule has 0 saturated heterocycles. The van der Waals surface area contributed by atoms with Crippen LogP contribution in [0.3, 0.4) is 0 Å². The lowest BCUT2D eigenvalue weighted by Crippen LogP contribution is -2.29. The maximum atomic E-state index is 13.6. The Balaban J connectivity index is 1.30. The predicted octanol–water partition coefficient (Wildman–Crippen LogP) is 9.84. The predicted molar refractivity (Wildman–Crippen MR) is 195 cm³/mol. The summed E-state index contributed by atoms with van der Waals surface area (Å²) in [5, 5.41) is 14.8. The Bertz CT molecular complexity index is 2290. The van der Waals surface area contributed by atoms with Crippen molar-refractivity contribution in [2.45, 2.75) is 0 Å². The summed E-state index contributed by atoms with van der Waals surface area (Å²) < 4.78 is 23.8. The van der Waals surface area contributed by atoms with Crippen LogP contribution >= 0.6 is 23.2 Å². The zero-order valence-electron chi connectivity index (χ0n) is 26.9. The first-order chi connectivity index (χ1) is 24.3. The van der Waals surface area contributed by atoms with E-state index in [9.17, 15) is 9.90 Å². The highest BCUT2D eigenvalue weighted by molar-refractivity contribution is 6.31. The van der Waals surface area contributed by atoms with E-state index in [2.05, 4.69) is 0 Å². The minimum Gasteiger partial charge on any atom is -0.871 e. The number of ketones is 1. The number of halogens is 2. The van der Waals surface area contributed by atoms with E-state index in [4.69, 9.17) is 41.8 Å². The molecule has 0 N–H and O–H groups in total. The normalized spacial score (nSPS) is 15.7. The number of hydrogen-bond acceptors (Lipinski definition) is 5. The fourth-order valence-electron chi connectivity index (χ4n) is 5.71. The number of Topliss-reactive ketones (excluding diaryl/α,β-unsaturated/α-hetero) is 1. The van der Waals surface area contributed by atoms with Gasteiger partial charge in [0.15, 0.2) is 5.78 Å². The van der Waals surface area contributed by atoms with Crippen LogP contribution < -0.4 is 14.6 Å². The van der Waals surface area contributed by atoms with Crippen LogP contribution in [0.2, 0.25) is 10.0 Å². The first-order valence-electron chi connectivity index (χ1n) is 15.6. The fraction of sp³-hybridized carbons (Fsp3) is 0.0476. The molecule has 0 unspecified atom stereocenters. The Labute approximate surface area is 299 Å². The molecule has 0 amide bonds. The van der Waals surface area contributed by atoms with Gasteiger partial charge in [-0.3, -0.25) is 4.79 Å². The summed E-state index contributed by atoms with van der Waals surface area (Å²) in [7, 11) is 3.17. The zero-order chi connectivity index (χ0) is 34.8. The third-order valence-electron chi connectivity index (χ3n) is 8.23. The van der Waals surface area contributed by atoms with E-state index in [1.54, 1.807) is 74.9 Å². The van der Waals surface area contributed by atoms with Gasteiger partial charge in [-0.1, -0.05) is 53.2 Å². The number of para-hydroxylation sites is 2. The number of carbonyl (C=O) groups is 1. The highest BCUT2D eigenvalue weighted by Gasteiger charge is 2.28. The number of benzene rings is 4. The van der Waals surface area contributed by atoms with Crippen LogP contribution in [0.4, 0.5) is 0 Å². The van der Waals surface area contributed by atoms with Gasteiger partial charge in [-0.25, -0.2) is 4.42 Å². The van der Waals surface area contributed by atoms with Crippen molar-refractivity contribution in [2.24, 2.45) is 0 Å². The third-order valence-corrected chi connectivity index (χ3v) is 8.74. The summed E-state index contributed by atoms with van der Waals surface area (Å²) in [5.41, 5.74) is 4.34. The van der Waals surface area contributed by atoms with Gasteiger partial charge >= 0.3 is 11.5 Å². The lowest BCUT2D eigenvalue weighted by Gasteiger charge is -2.29. The van der Waals surface area contributed by atoms with E-state index in [1.807, 2.05) is 72.8 Å². The molecule has 6 nitrogen and oxygen atoms in total. The standard InChI is InChI=1S/C42H28Cl2O6/c1-47-35-9-5-3-7-31(35)39-23-25(21-37(49-39)27-11-15-29(43)16-12-27)19-33-41(45)34(42(33)46)20-26-22-38(28-13-17-30(44)18-14-28)50-40(24-26)32-8-4-6-10-36(32)48-2/h3-24H,1-2H3. The number of carbonyl (C=O) groups excluding carboxylic acids is 1. The molecule has 0 saturated carbocycles. The second-order valence-electron chi connectivity index (χ2n) is 11.4. The molecule has 5 aromatic rings. The molecule has 2 heterocycles. The van der Waals surface area contributed by atoms with Gasteiger partial charge in [-0.2, -0.15) is 0 Å². The van der Waals surface area contributed by atoms with Gasteiger partial charge in [-0.05, 0) is 108 Å². The van der Waals surface area contributed by atoms with Crippen LogP contribution in [0.15, 0.2) is 154 Å². The van der Waals surface area contributed by atoms with Gasteiger partial charge in [0.05, 0.1) is 37.5 Å². The van der Waals surface area contributed by atoms with Crippen molar-refractivity contribution < 1.29 is 28.5 Å². The molecule has 0 spiro atoms. The van der Waals surface area contributed by atoms with E-state index < -0.39 is 0 Å². The van der Waals surface area contributed by atoms with Crippen LogP contribution in [0, 0.1) is 0 Å². The quantitative estimate of drug-likeness (QED) is 0.119. The van der Waals surface area contributed by atoms with Crippen LogP contribution in [0.25, 0.3) is 40.2 Å². The van der Waals surface area contributed by atoms with Gasteiger partial charge < -0.3 is 19.3 Å². The third kappa shape index (κ3) is 6.59. The van der Waals surface area contributed by atoms with Crippen molar-refractivity contribution in [2.75, 3.05) is 14.2 Å². The number of hydrogen-bond donors (Lipinski definition) is 0. The van der Waals surface area contributed by atoms with E-state index in [-0.39, 0.29) is 22.7 Å². The Morgan fingerprint density at radius 1 is 0.680 bits per heavy atom. The van der Waals surface area contributed by atoms with Gasteiger partial charge in [0, 0.05) is 26.8 Å². The first-order valence-corrected chi connectivity index (χ1v) is 16.3. The van der Waals surface area contributed by atoms with Crippen LogP contribution in [-0.4, -0.2) is 20.0 Å². The molecule has 0 atom stereocenters. The van der Waals surface area contributed by atoms with Gasteiger partial charge in [0.25, 0.3) is 0 Å². The summed E-state index contributed by atoms with van der Waals surface area (Å²) in [5.74, 6) is 2.56. The maximum absolute atomic E-state index is 13.6. The Morgan fingerprint density at radius 3 is 1.88 bits per heavy atom. The van der Waals surface area contributed by atoms with Crippen LogP contribution in [-0.2, 0) is 9.53 Å². The summed E-state index contributed by atoms with van der Waals surface area (Å²) in [6, 6.07) is 32.9. The largest absolute Gasteiger partial charge is 0.871 e. The minimum absolute atomic E-state index is 0.0685. The highest BCUT2D eigenvalue weighted by Crippen LogP contribution is 2.39. The lowest BCUT2D eigenvalue weighted by molar-refractivity contribution is -0.300. The van der Waals surface area contributed by atoms with Crippen molar-refractivity contribution >= 4 is 46.6 Å². The van der Waals surface area contributed by atoms with Crippen molar-refractivity contribution in [1.29, 1.82) is 0 Å². The first kappa shape index (κ1) is 32.7. The van der Waals surface area contributed by atoms with Crippen molar-refractivity contribution in [3.05, 3.63) is 177 Å². The SMILES string of the molecule is COc1ccccc1C1=CC(=CC2=C([O-])C(=Cc3cc(-c4ccc(Cl)cc4)[o+]c(-c4ccccc4OC)c3)C2=O)C=C(c2ccc(Cl)cc2)O1. The molecule has 1 aliphatic heterocycles. The summed E-state index contributed by atoms with van der Waals surface area (Å²) in [4.78, 5) is 13.6. The number of rotatable bonds is 8. The maximum Gasteiger partial charge on any atom is 0.365 e. The average molecular weight is 700 g/mol. The molecule has 246 valence electrons. The molecule has 8 heteroatoms. The van der Waals surface area contributed by atoms with Crippen LogP contribution in [0.1, 0.15) is 16.7 Å². The summed E-state index contributed by atoms with van der Waals surface area (Å²) in [6.45, 7) is 0. The molecule has 0 radical (unpaired) electrons. The Kier molecular flexibility index (Phi) is 9.13. The molecule has 0 fully saturated rings. The summed E-state index contributed by atoms with van der Waals surface area (Å²) in [6.07, 6.45) is 6.75. The smallest absolute Gasteiger partial charge is 0.365 e. The van der Waals surface area contributed by atoms with Gasteiger partial charge in [0.2, 0.25) is 0 Å². The highest BCUT2D eigenvalue weighted by atomic mass is 35.5. The Hall–Kier alpha value is -5.82. The van der Waals surface area contributed by atoms with E-state index in [0.717, 1.165) is 11.1 Å². The van der Waals surface area contributed by atoms with Crippen molar-refractivity contribution in [3.63, 3.8) is 0 Å². The van der Waals surface area contributed by atoms with Gasteiger partial charge in [0.1, 0.15) is 28.6 Å². The van der Waals surface area contributed by atoms with Crippen molar-refractivity contribution in [1.82, 2.24) is 0 Å². The molecular formula is C42H28Cl2O6. The Morgan fingerprint density at radius 2 is 1.24 bits per heavy atom. The molecule has 7 rings (SSSR count). The van der Waals surface area contributed by atoms with E-state index in [0.29, 0.717) is 66.8 Å². The lowest BCUT2D eigenvalue weighted by atomic mass is 9.85. The zero-order valence-corrected chi connectivity index (χ0v) is 28.4. The molecule has 0 bridgehead atoms. The topological polar surface area (TPSA) is 79.1 Å². The summed E-state index contributed by atoms with van der Waals surface area (Å²) >= 11 is 12.3. The number of allylic oxidation sites excluding steroid dienone is 6. The van der Waals surface area contributed by atoms with E-state index in [1.165, 1.54) is 0 Å². The van der Waals surface area contributed by atoms with E-state index >= 15 is 0 Å². The van der Waals surface area contributed by atoms with Gasteiger partial charge in [-0.15, -0.1) is 0 Å². The second kappa shape index (κ2) is 14.0. The second-order valence-corrected chi connectivity index (χ2v) is 12.3. The number of methoxy groups -OCH3 is 2. The van der Waals surface area contributed by atoms with Crippen LogP contribution in [0.5, 0.6) is 11.5 Å².